The molecule has 3 nitrogen and oxygen atoms in total. The summed E-state index contributed by atoms with van der Waals surface area (Å²) in [4.78, 5) is 0. The average Bonchev–Trinajstić information content (AvgIpc) is 2.70. The smallest absolute Gasteiger partial charge is 0.423 e. The van der Waals surface area contributed by atoms with Gasteiger partial charge in [0.15, 0.2) is 0 Å². The van der Waals surface area contributed by atoms with Crippen LogP contribution in [0.4, 0.5) is 0 Å². The zero-order chi connectivity index (χ0) is 19.5. The molecule has 0 fully saturated rings. The van der Waals surface area contributed by atoms with Crippen LogP contribution < -0.4 is 5.46 Å². The molecule has 0 radical (unpaired) electrons. The summed E-state index contributed by atoms with van der Waals surface area (Å²) < 4.78 is 0. The maximum Gasteiger partial charge on any atom is 0.489 e. The van der Waals surface area contributed by atoms with Crippen LogP contribution in [0.3, 0.4) is 0 Å². The molecule has 0 heterocycles. The molecule has 4 rings (SSSR count). The summed E-state index contributed by atoms with van der Waals surface area (Å²) in [5.41, 5.74) is 1.93. The fraction of sp³-hybridized carbons (Fsp3) is 0.333. The van der Waals surface area contributed by atoms with Crippen LogP contribution in [0, 0.1) is 0 Å². The molecule has 0 spiro atoms. The van der Waals surface area contributed by atoms with Crippen LogP contribution in [0.5, 0.6) is 0 Å². The van der Waals surface area contributed by atoms with Gasteiger partial charge in [0.2, 0.25) is 0 Å². The zero-order valence-electron chi connectivity index (χ0n) is 16.2. The van der Waals surface area contributed by atoms with E-state index in [-0.39, 0.29) is 0 Å². The van der Waals surface area contributed by atoms with E-state index in [1.807, 2.05) is 12.1 Å². The Hall–Kier alpha value is -2.14. The van der Waals surface area contributed by atoms with Gasteiger partial charge in [-0.3, -0.25) is 0 Å². The Balaban J connectivity index is 1.60. The Labute approximate surface area is 166 Å². The van der Waals surface area contributed by atoms with Gasteiger partial charge in [-0.15, -0.1) is 0 Å². The summed E-state index contributed by atoms with van der Waals surface area (Å²) in [7, 11) is -1.46. The predicted octanol–water partition coefficient (Wildman–Crippen LogP) is 4.14. The highest BCUT2D eigenvalue weighted by atomic mass is 16.4. The van der Waals surface area contributed by atoms with Gasteiger partial charge >= 0.3 is 7.12 Å². The Kier molecular flexibility index (Phi) is 5.81. The minimum Gasteiger partial charge on any atom is -0.423 e. The average molecular weight is 374 g/mol. The first-order chi connectivity index (χ1) is 13.7. The van der Waals surface area contributed by atoms with E-state index >= 15 is 0 Å². The standard InChI is InChI=1S/C24H27BO3/c26-14-6-4-2-1-3-5-7-17-15-19-9-8-18-11-13-22(25(27)28)21-12-10-20(16-17)23(19)24(18)21/h8-13,15-16,26-28H,1-7,14H2. The van der Waals surface area contributed by atoms with Crippen LogP contribution in [0.1, 0.15) is 44.1 Å². The second-order valence-corrected chi connectivity index (χ2v) is 7.82. The van der Waals surface area contributed by atoms with E-state index < -0.39 is 7.12 Å². The molecular weight excluding hydrogens is 347 g/mol. The number of benzene rings is 4. The normalized spacial score (nSPS) is 11.8. The van der Waals surface area contributed by atoms with Gasteiger partial charge in [-0.25, -0.2) is 0 Å². The molecule has 0 bridgehead atoms. The fourth-order valence-electron chi connectivity index (χ4n) is 4.42. The van der Waals surface area contributed by atoms with Gasteiger partial charge in [0.1, 0.15) is 0 Å². The van der Waals surface area contributed by atoms with Crippen molar-refractivity contribution in [3.8, 4) is 0 Å². The molecule has 4 aromatic carbocycles. The van der Waals surface area contributed by atoms with Gasteiger partial charge in [0, 0.05) is 6.61 Å². The molecule has 28 heavy (non-hydrogen) atoms. The number of unbranched alkanes of at least 4 members (excludes halogenated alkanes) is 5. The van der Waals surface area contributed by atoms with E-state index in [1.165, 1.54) is 47.4 Å². The third-order valence-corrected chi connectivity index (χ3v) is 5.84. The van der Waals surface area contributed by atoms with Gasteiger partial charge in [0.25, 0.3) is 0 Å². The number of rotatable bonds is 9. The topological polar surface area (TPSA) is 60.7 Å². The van der Waals surface area contributed by atoms with E-state index in [1.54, 1.807) is 6.07 Å². The minimum absolute atomic E-state index is 0.308. The van der Waals surface area contributed by atoms with Crippen molar-refractivity contribution in [3.05, 3.63) is 54.1 Å². The number of aliphatic hydroxyl groups excluding tert-OH is 1. The van der Waals surface area contributed by atoms with Crippen LogP contribution in [0.2, 0.25) is 0 Å². The van der Waals surface area contributed by atoms with Crippen molar-refractivity contribution < 1.29 is 15.2 Å². The zero-order valence-corrected chi connectivity index (χ0v) is 16.2. The first-order valence-electron chi connectivity index (χ1n) is 10.4. The van der Waals surface area contributed by atoms with Crippen LogP contribution in [0.15, 0.2) is 48.5 Å². The summed E-state index contributed by atoms with van der Waals surface area (Å²) in [6.45, 7) is 0.308. The molecule has 0 aliphatic heterocycles. The van der Waals surface area contributed by atoms with Crippen molar-refractivity contribution in [2.45, 2.75) is 44.9 Å². The van der Waals surface area contributed by atoms with E-state index in [4.69, 9.17) is 5.11 Å². The summed E-state index contributed by atoms with van der Waals surface area (Å²) in [6, 6.07) is 16.8. The lowest BCUT2D eigenvalue weighted by Crippen LogP contribution is -2.30. The fourth-order valence-corrected chi connectivity index (χ4v) is 4.42. The van der Waals surface area contributed by atoms with Crippen molar-refractivity contribution in [1.29, 1.82) is 0 Å². The number of hydrogen-bond donors (Lipinski definition) is 3. The third kappa shape index (κ3) is 3.73. The largest absolute Gasteiger partial charge is 0.489 e. The van der Waals surface area contributed by atoms with Gasteiger partial charge in [-0.2, -0.15) is 0 Å². The molecule has 0 unspecified atom stereocenters. The van der Waals surface area contributed by atoms with Crippen molar-refractivity contribution in [2.24, 2.45) is 0 Å². The van der Waals surface area contributed by atoms with Crippen LogP contribution in [0.25, 0.3) is 32.3 Å². The Morgan fingerprint density at radius 3 is 1.96 bits per heavy atom. The quantitative estimate of drug-likeness (QED) is 0.234. The predicted molar refractivity (Wildman–Crippen MR) is 118 cm³/mol. The summed E-state index contributed by atoms with van der Waals surface area (Å²) in [6.07, 6.45) is 7.99. The lowest BCUT2D eigenvalue weighted by Gasteiger charge is -2.15. The molecular formula is C24H27BO3. The van der Waals surface area contributed by atoms with Crippen molar-refractivity contribution in [1.82, 2.24) is 0 Å². The highest BCUT2D eigenvalue weighted by Crippen LogP contribution is 2.35. The highest BCUT2D eigenvalue weighted by molar-refractivity contribution is 6.62. The van der Waals surface area contributed by atoms with Crippen molar-refractivity contribution in [2.75, 3.05) is 6.61 Å². The molecule has 0 aromatic heterocycles. The molecule has 0 aliphatic carbocycles. The van der Waals surface area contributed by atoms with Crippen LogP contribution in [-0.2, 0) is 6.42 Å². The molecule has 0 saturated heterocycles. The molecule has 4 heteroatoms. The lowest BCUT2D eigenvalue weighted by atomic mass is 9.75. The van der Waals surface area contributed by atoms with Crippen LogP contribution >= 0.6 is 0 Å². The first-order valence-corrected chi connectivity index (χ1v) is 10.4. The number of aliphatic hydroxyl groups is 1. The Morgan fingerprint density at radius 1 is 0.643 bits per heavy atom. The third-order valence-electron chi connectivity index (χ3n) is 5.84. The van der Waals surface area contributed by atoms with E-state index in [9.17, 15) is 10.0 Å². The SMILES string of the molecule is OCCCCCCCCc1cc2ccc3ccc(B(O)O)c4ccc(c1)c2c34. The van der Waals surface area contributed by atoms with E-state index in [2.05, 4.69) is 30.3 Å². The number of aryl methyl sites for hydroxylation is 1. The van der Waals surface area contributed by atoms with Gasteiger partial charge in [0.05, 0.1) is 0 Å². The second-order valence-electron chi connectivity index (χ2n) is 7.82. The Bertz CT molecular complexity index is 1050. The van der Waals surface area contributed by atoms with E-state index in [0.29, 0.717) is 12.1 Å². The molecule has 0 atom stereocenters. The van der Waals surface area contributed by atoms with Crippen molar-refractivity contribution >= 4 is 44.9 Å². The van der Waals surface area contributed by atoms with Crippen LogP contribution in [-0.4, -0.2) is 28.9 Å². The molecule has 0 aliphatic rings. The molecule has 0 saturated carbocycles. The lowest BCUT2D eigenvalue weighted by molar-refractivity contribution is 0.282. The molecule has 144 valence electrons. The highest BCUT2D eigenvalue weighted by Gasteiger charge is 2.18. The summed E-state index contributed by atoms with van der Waals surface area (Å²) >= 11 is 0. The minimum atomic E-state index is -1.46. The molecule has 4 aromatic rings. The summed E-state index contributed by atoms with van der Waals surface area (Å²) in [5, 5.41) is 35.1. The number of hydrogen-bond acceptors (Lipinski definition) is 3. The summed E-state index contributed by atoms with van der Waals surface area (Å²) in [5.74, 6) is 0. The maximum atomic E-state index is 9.73. The first kappa shape index (κ1) is 19.2. The van der Waals surface area contributed by atoms with E-state index in [0.717, 1.165) is 35.4 Å². The van der Waals surface area contributed by atoms with Gasteiger partial charge in [-0.05, 0) is 62.6 Å². The Morgan fingerprint density at radius 2 is 1.25 bits per heavy atom. The second kappa shape index (κ2) is 8.48. The monoisotopic (exact) mass is 374 g/mol. The molecule has 0 amide bonds. The van der Waals surface area contributed by atoms with Gasteiger partial charge in [-0.1, -0.05) is 74.2 Å². The van der Waals surface area contributed by atoms with Gasteiger partial charge < -0.3 is 15.2 Å². The molecule has 3 N–H and O–H groups in total. The maximum absolute atomic E-state index is 9.73. The van der Waals surface area contributed by atoms with Crippen molar-refractivity contribution in [3.63, 3.8) is 0 Å².